The number of fused-ring (bicyclic) bond motifs is 2. The predicted molar refractivity (Wildman–Crippen MR) is 62.1 cm³/mol. The molecule has 0 unspecified atom stereocenters. The van der Waals surface area contributed by atoms with Gasteiger partial charge in [-0.05, 0) is 21.7 Å². The summed E-state index contributed by atoms with van der Waals surface area (Å²) >= 11 is 0. The van der Waals surface area contributed by atoms with Crippen LogP contribution in [0.15, 0.2) is 36.4 Å². The summed E-state index contributed by atoms with van der Waals surface area (Å²) in [6.07, 6.45) is 0. The molecule has 18 heavy (non-hydrogen) atoms. The Morgan fingerprint density at radius 2 is 1.44 bits per heavy atom. The topological polar surface area (TPSA) is 74.6 Å². The minimum atomic E-state index is -1.22. The average molecular weight is 240 g/mol. The van der Waals surface area contributed by atoms with Crippen LogP contribution in [0, 0.1) is 20.9 Å². The standard InChI is InChI=1S/C14H8O4/c15-13(16)10-6-5-9-7-3-1-2-4-8(7)11(9)12(10)14(17)18/h1-6H,(H,15,16)(H,17,18). The second kappa shape index (κ2) is 3.43. The molecule has 0 atom stereocenters. The first-order valence-corrected chi connectivity index (χ1v) is 5.34. The Morgan fingerprint density at radius 1 is 0.778 bits per heavy atom. The van der Waals surface area contributed by atoms with E-state index in [9.17, 15) is 14.7 Å². The quantitative estimate of drug-likeness (QED) is 0.718. The molecule has 0 aromatic heterocycles. The van der Waals surface area contributed by atoms with E-state index in [1.54, 1.807) is 18.2 Å². The molecule has 2 aromatic rings. The van der Waals surface area contributed by atoms with Crippen LogP contribution in [0.2, 0.25) is 0 Å². The van der Waals surface area contributed by atoms with E-state index in [1.165, 1.54) is 6.07 Å². The molecule has 4 nitrogen and oxygen atoms in total. The van der Waals surface area contributed by atoms with Gasteiger partial charge in [-0.15, -0.1) is 0 Å². The van der Waals surface area contributed by atoms with Gasteiger partial charge < -0.3 is 10.2 Å². The van der Waals surface area contributed by atoms with Crippen molar-refractivity contribution in [3.8, 4) is 0 Å². The largest absolute Gasteiger partial charge is 0.478 e. The van der Waals surface area contributed by atoms with Crippen molar-refractivity contribution in [1.29, 1.82) is 0 Å². The van der Waals surface area contributed by atoms with Crippen LogP contribution in [-0.4, -0.2) is 22.2 Å². The summed E-state index contributed by atoms with van der Waals surface area (Å²) in [4.78, 5) is 22.3. The number of carbonyl (C=O) groups is 2. The van der Waals surface area contributed by atoms with Crippen LogP contribution in [0.5, 0.6) is 0 Å². The number of hydrogen-bond acceptors (Lipinski definition) is 2. The van der Waals surface area contributed by atoms with Crippen LogP contribution in [0.1, 0.15) is 20.7 Å². The van der Waals surface area contributed by atoms with Gasteiger partial charge >= 0.3 is 11.9 Å². The van der Waals surface area contributed by atoms with Crippen LogP contribution >= 0.6 is 0 Å². The SMILES string of the molecule is O=C(O)c1ccc2c(c1C(=O)O)=c1ccccc1=2. The molecule has 1 aliphatic rings. The Labute approximate surface area is 101 Å². The van der Waals surface area contributed by atoms with Gasteiger partial charge in [-0.1, -0.05) is 30.3 Å². The number of carboxylic acids is 2. The van der Waals surface area contributed by atoms with Gasteiger partial charge in [0.25, 0.3) is 0 Å². The zero-order chi connectivity index (χ0) is 12.9. The summed E-state index contributed by atoms with van der Waals surface area (Å²) in [6, 6.07) is 10.4. The van der Waals surface area contributed by atoms with Crippen LogP contribution in [0.4, 0.5) is 0 Å². The summed E-state index contributed by atoms with van der Waals surface area (Å²) in [5.74, 6) is -2.43. The Balaban J connectivity index is 2.57. The van der Waals surface area contributed by atoms with Gasteiger partial charge in [0.05, 0.1) is 11.1 Å². The molecule has 2 aromatic carbocycles. The van der Waals surface area contributed by atoms with Gasteiger partial charge in [0, 0.05) is 5.22 Å². The lowest BCUT2D eigenvalue weighted by Crippen LogP contribution is -2.12. The highest BCUT2D eigenvalue weighted by Gasteiger charge is 2.20. The number of rotatable bonds is 2. The van der Waals surface area contributed by atoms with Gasteiger partial charge in [-0.25, -0.2) is 9.59 Å². The average Bonchev–Trinajstić information content (AvgIpc) is 2.33. The fourth-order valence-electron chi connectivity index (χ4n) is 2.38. The van der Waals surface area contributed by atoms with Crippen LogP contribution in [-0.2, 0) is 0 Å². The van der Waals surface area contributed by atoms with E-state index in [4.69, 9.17) is 5.11 Å². The van der Waals surface area contributed by atoms with Gasteiger partial charge in [-0.3, -0.25) is 0 Å². The summed E-state index contributed by atoms with van der Waals surface area (Å²) in [5, 5.41) is 21.3. The molecule has 0 heterocycles. The maximum Gasteiger partial charge on any atom is 0.337 e. The molecule has 0 saturated heterocycles. The zero-order valence-electron chi connectivity index (χ0n) is 9.18. The predicted octanol–water partition coefficient (Wildman–Crippen LogP) is 1.97. The Morgan fingerprint density at radius 3 is 2.06 bits per heavy atom. The van der Waals surface area contributed by atoms with E-state index in [1.807, 2.05) is 12.1 Å². The molecular formula is C14H8O4. The zero-order valence-corrected chi connectivity index (χ0v) is 9.18. The minimum absolute atomic E-state index is 0.126. The molecule has 2 N–H and O–H groups in total. The molecule has 0 bridgehead atoms. The third-order valence-corrected chi connectivity index (χ3v) is 3.14. The van der Waals surface area contributed by atoms with Crippen molar-refractivity contribution in [3.05, 3.63) is 68.4 Å². The van der Waals surface area contributed by atoms with Crippen LogP contribution in [0.3, 0.4) is 0 Å². The van der Waals surface area contributed by atoms with Gasteiger partial charge in [-0.2, -0.15) is 0 Å². The first kappa shape index (κ1) is 10.5. The smallest absolute Gasteiger partial charge is 0.337 e. The maximum absolute atomic E-state index is 11.3. The highest BCUT2D eigenvalue weighted by molar-refractivity contribution is 6.02. The first-order valence-electron chi connectivity index (χ1n) is 5.34. The van der Waals surface area contributed by atoms with Crippen molar-refractivity contribution in [1.82, 2.24) is 0 Å². The number of hydrogen-bond donors (Lipinski definition) is 2. The molecule has 0 saturated carbocycles. The molecule has 3 rings (SSSR count). The van der Waals surface area contributed by atoms with Crippen molar-refractivity contribution < 1.29 is 19.8 Å². The molecule has 88 valence electrons. The molecule has 0 aliphatic heterocycles. The van der Waals surface area contributed by atoms with Crippen molar-refractivity contribution in [2.45, 2.75) is 0 Å². The lowest BCUT2D eigenvalue weighted by molar-refractivity contribution is 0.0650. The molecule has 4 heteroatoms. The Kier molecular flexibility index (Phi) is 2.01. The van der Waals surface area contributed by atoms with E-state index in [0.717, 1.165) is 15.7 Å². The van der Waals surface area contributed by atoms with Crippen LogP contribution in [0.25, 0.3) is 0 Å². The maximum atomic E-state index is 11.3. The second-order valence-corrected chi connectivity index (χ2v) is 4.07. The van der Waals surface area contributed by atoms with E-state index < -0.39 is 11.9 Å². The summed E-state index contributed by atoms with van der Waals surface area (Å²) in [7, 11) is 0. The lowest BCUT2D eigenvalue weighted by atomic mass is 9.94. The number of carboxylic acid groups (broad SMARTS) is 2. The van der Waals surface area contributed by atoms with Crippen molar-refractivity contribution in [3.63, 3.8) is 0 Å². The fourth-order valence-corrected chi connectivity index (χ4v) is 2.38. The second-order valence-electron chi connectivity index (χ2n) is 4.07. The molecule has 1 aliphatic carbocycles. The molecule has 0 radical (unpaired) electrons. The minimum Gasteiger partial charge on any atom is -0.478 e. The van der Waals surface area contributed by atoms with E-state index in [-0.39, 0.29) is 11.1 Å². The Bertz CT molecular complexity index is 881. The van der Waals surface area contributed by atoms with E-state index >= 15 is 0 Å². The van der Waals surface area contributed by atoms with Gasteiger partial charge in [0.15, 0.2) is 0 Å². The van der Waals surface area contributed by atoms with E-state index in [0.29, 0.717) is 5.22 Å². The lowest BCUT2D eigenvalue weighted by Gasteiger charge is -2.09. The van der Waals surface area contributed by atoms with Gasteiger partial charge in [0.2, 0.25) is 0 Å². The summed E-state index contributed by atoms with van der Waals surface area (Å²) in [5.41, 5.74) is -0.297. The van der Waals surface area contributed by atoms with E-state index in [2.05, 4.69) is 0 Å². The van der Waals surface area contributed by atoms with Crippen molar-refractivity contribution in [2.24, 2.45) is 0 Å². The highest BCUT2D eigenvalue weighted by atomic mass is 16.4. The van der Waals surface area contributed by atoms with Crippen molar-refractivity contribution in [2.75, 3.05) is 0 Å². The normalized spacial score (nSPS) is 11.1. The molecule has 0 spiro atoms. The number of aromatic carboxylic acids is 2. The third kappa shape index (κ3) is 1.20. The van der Waals surface area contributed by atoms with Crippen LogP contribution < -0.4 is 0 Å². The summed E-state index contributed by atoms with van der Waals surface area (Å²) in [6.45, 7) is 0. The molecule has 0 fully saturated rings. The third-order valence-electron chi connectivity index (χ3n) is 3.14. The summed E-state index contributed by atoms with van der Waals surface area (Å²) < 4.78 is 0. The molecule has 0 amide bonds. The van der Waals surface area contributed by atoms with Crippen molar-refractivity contribution >= 4 is 11.9 Å². The van der Waals surface area contributed by atoms with Gasteiger partial charge in [0.1, 0.15) is 0 Å². The highest BCUT2D eigenvalue weighted by Crippen LogP contribution is 2.20. The first-order chi connectivity index (χ1) is 8.61. The molecular weight excluding hydrogens is 232 g/mol. The fraction of sp³-hybridized carbons (Fsp3) is 0. The Hall–Kier alpha value is -2.62. The monoisotopic (exact) mass is 240 g/mol. The number of benzene rings is 2.